The summed E-state index contributed by atoms with van der Waals surface area (Å²) in [5, 5.41) is 12.1. The number of halogens is 2. The van der Waals surface area contributed by atoms with Crippen molar-refractivity contribution >= 4 is 53.2 Å². The van der Waals surface area contributed by atoms with Crippen LogP contribution < -0.4 is 16.3 Å². The molecule has 1 atom stereocenters. The van der Waals surface area contributed by atoms with Crippen LogP contribution >= 0.6 is 11.6 Å². The van der Waals surface area contributed by atoms with Crippen LogP contribution in [0, 0.1) is 5.82 Å². The molecule has 1 aromatic heterocycles. The average Bonchev–Trinajstić information content (AvgIpc) is 3.20. The summed E-state index contributed by atoms with van der Waals surface area (Å²) >= 11 is 6.25. The van der Waals surface area contributed by atoms with Crippen LogP contribution in [0.3, 0.4) is 0 Å². The minimum Gasteiger partial charge on any atom is -0.394 e. The minimum atomic E-state index is -0.712. The van der Waals surface area contributed by atoms with Crippen LogP contribution in [0.4, 0.5) is 15.8 Å². The lowest BCUT2D eigenvalue weighted by Gasteiger charge is -2.23. The van der Waals surface area contributed by atoms with Gasteiger partial charge >= 0.3 is 0 Å². The van der Waals surface area contributed by atoms with Crippen molar-refractivity contribution in [1.29, 1.82) is 0 Å². The molecule has 1 aliphatic rings. The zero-order chi connectivity index (χ0) is 23.4. The van der Waals surface area contributed by atoms with Crippen LogP contribution in [-0.2, 0) is 16.1 Å². The predicted octanol–water partition coefficient (Wildman–Crippen LogP) is 2.59. The Kier molecular flexibility index (Phi) is 7.49. The van der Waals surface area contributed by atoms with E-state index in [4.69, 9.17) is 34.1 Å². The van der Waals surface area contributed by atoms with Gasteiger partial charge in [-0.25, -0.2) is 14.9 Å². The van der Waals surface area contributed by atoms with E-state index in [0.717, 1.165) is 19.3 Å². The molecule has 1 amide bonds. The molecule has 2 radical (unpaired) electrons. The smallest absolute Gasteiger partial charge is 0.277 e. The number of nitrogens with zero attached hydrogens (tertiary/aromatic N) is 2. The molecule has 0 aliphatic carbocycles. The predicted molar refractivity (Wildman–Crippen MR) is 124 cm³/mol. The quantitative estimate of drug-likeness (QED) is 0.265. The largest absolute Gasteiger partial charge is 0.394 e. The van der Waals surface area contributed by atoms with Crippen molar-refractivity contribution in [1.82, 2.24) is 15.0 Å². The molecule has 2 heterocycles. The summed E-state index contributed by atoms with van der Waals surface area (Å²) in [5.74, 6) is -1.41. The molecule has 11 heteroatoms. The van der Waals surface area contributed by atoms with E-state index in [-0.39, 0.29) is 41.1 Å². The maximum absolute atomic E-state index is 15.7. The number of aliphatic hydroxyl groups is 1. The number of carbonyl (C=O) groups is 1. The topological polar surface area (TPSA) is 97.6 Å². The fraction of sp³-hybridized carbons (Fsp3) is 0.364. The van der Waals surface area contributed by atoms with Crippen molar-refractivity contribution < 1.29 is 23.9 Å². The molecule has 2 aromatic carbocycles. The van der Waals surface area contributed by atoms with Gasteiger partial charge in [-0.1, -0.05) is 23.1 Å². The number of aromatic nitrogens is 2. The number of aliphatic hydroxyl groups excluding tert-OH is 1. The first-order valence-corrected chi connectivity index (χ1v) is 11.0. The maximum atomic E-state index is 15.7. The molecule has 3 aromatic rings. The number of amides is 1. The van der Waals surface area contributed by atoms with Crippen molar-refractivity contribution in [2.45, 2.75) is 31.9 Å². The number of hydrogen-bond acceptors (Lipinski definition) is 6. The van der Waals surface area contributed by atoms with Gasteiger partial charge in [-0.3, -0.25) is 9.63 Å². The van der Waals surface area contributed by atoms with Gasteiger partial charge < -0.3 is 19.7 Å². The van der Waals surface area contributed by atoms with Crippen molar-refractivity contribution in [3.8, 4) is 0 Å². The van der Waals surface area contributed by atoms with E-state index in [0.29, 0.717) is 29.8 Å². The summed E-state index contributed by atoms with van der Waals surface area (Å²) in [6.45, 7) is 0.792. The lowest BCUT2D eigenvalue weighted by Crippen LogP contribution is -2.26. The second-order valence-electron chi connectivity index (χ2n) is 7.73. The molecule has 0 spiro atoms. The number of hydroxylamine groups is 1. The van der Waals surface area contributed by atoms with Crippen molar-refractivity contribution in [3.05, 3.63) is 47.0 Å². The van der Waals surface area contributed by atoms with Crippen LogP contribution in [0.2, 0.25) is 5.02 Å². The summed E-state index contributed by atoms with van der Waals surface area (Å²) in [6.07, 6.45) is 4.53. The highest BCUT2D eigenvalue weighted by atomic mass is 35.5. The van der Waals surface area contributed by atoms with Crippen LogP contribution in [0.1, 0.15) is 29.6 Å². The lowest BCUT2D eigenvalue weighted by molar-refractivity contribution is 0.00661. The number of anilines is 2. The molecule has 8 nitrogen and oxygen atoms in total. The molecule has 172 valence electrons. The van der Waals surface area contributed by atoms with Crippen molar-refractivity contribution in [3.63, 3.8) is 0 Å². The third kappa shape index (κ3) is 5.30. The summed E-state index contributed by atoms with van der Waals surface area (Å²) in [5.41, 5.74) is 3.45. The average molecular weight is 473 g/mol. The van der Waals surface area contributed by atoms with Gasteiger partial charge in [-0.05, 0) is 37.5 Å². The molecule has 1 unspecified atom stereocenters. The number of hydrogen-bond donors (Lipinski definition) is 3. The fourth-order valence-corrected chi connectivity index (χ4v) is 4.00. The second-order valence-corrected chi connectivity index (χ2v) is 8.14. The Labute approximate surface area is 196 Å². The molecule has 1 saturated heterocycles. The van der Waals surface area contributed by atoms with E-state index >= 15 is 4.39 Å². The molecule has 33 heavy (non-hydrogen) atoms. The Morgan fingerprint density at radius 1 is 1.39 bits per heavy atom. The highest BCUT2D eigenvalue weighted by Gasteiger charge is 2.24. The van der Waals surface area contributed by atoms with Gasteiger partial charge in [0.15, 0.2) is 5.82 Å². The molecule has 0 saturated carbocycles. The summed E-state index contributed by atoms with van der Waals surface area (Å²) in [4.78, 5) is 22.0. The third-order valence-corrected chi connectivity index (χ3v) is 5.70. The summed E-state index contributed by atoms with van der Waals surface area (Å²) < 4.78 is 23.2. The normalized spacial score (nSPS) is 16.2. The van der Waals surface area contributed by atoms with E-state index in [1.54, 1.807) is 22.8 Å². The number of carbonyl (C=O) groups excluding carboxylic acids is 1. The Morgan fingerprint density at radius 2 is 2.24 bits per heavy atom. The van der Waals surface area contributed by atoms with E-state index in [9.17, 15) is 4.79 Å². The van der Waals surface area contributed by atoms with Gasteiger partial charge in [-0.15, -0.1) is 0 Å². The molecule has 1 fully saturated rings. The standard InChI is InChI=1S/C22H23BClFN4O4/c23-13-4-5-17(16(24)9-13)27-20-15(22(31)28-33-8-6-30)10-18-21(19(20)25)26-12-29(18)11-14-3-1-2-7-32-14/h4-5,9-10,12,14,27,30H,1-3,6-8,11H2,(H,28,31). The van der Waals surface area contributed by atoms with Gasteiger partial charge in [0, 0.05) is 6.61 Å². The first-order chi connectivity index (χ1) is 16.0. The Hall–Kier alpha value is -2.66. The lowest BCUT2D eigenvalue weighted by atomic mass is 9.96. The summed E-state index contributed by atoms with van der Waals surface area (Å²) in [6, 6.07) is 6.25. The Morgan fingerprint density at radius 3 is 2.97 bits per heavy atom. The van der Waals surface area contributed by atoms with Crippen LogP contribution in [0.15, 0.2) is 30.6 Å². The Bertz CT molecular complexity index is 1150. The van der Waals surface area contributed by atoms with Crippen LogP contribution in [-0.4, -0.2) is 54.3 Å². The van der Waals surface area contributed by atoms with E-state index in [1.165, 1.54) is 12.4 Å². The van der Waals surface area contributed by atoms with Gasteiger partial charge in [0.1, 0.15) is 13.4 Å². The number of ether oxygens (including phenoxy) is 1. The highest BCUT2D eigenvalue weighted by Crippen LogP contribution is 2.33. The fourth-order valence-electron chi connectivity index (χ4n) is 3.76. The maximum Gasteiger partial charge on any atom is 0.277 e. The van der Waals surface area contributed by atoms with E-state index in [1.807, 2.05) is 0 Å². The van der Waals surface area contributed by atoms with Crippen molar-refractivity contribution in [2.75, 3.05) is 25.1 Å². The molecule has 0 bridgehead atoms. The first-order valence-electron chi connectivity index (χ1n) is 10.6. The van der Waals surface area contributed by atoms with Crippen molar-refractivity contribution in [2.24, 2.45) is 0 Å². The number of benzene rings is 2. The van der Waals surface area contributed by atoms with Gasteiger partial charge in [0.2, 0.25) is 0 Å². The summed E-state index contributed by atoms with van der Waals surface area (Å²) in [7, 11) is 5.74. The van der Waals surface area contributed by atoms with Gasteiger partial charge in [0.05, 0.1) is 59.7 Å². The molecule has 3 N–H and O–H groups in total. The monoisotopic (exact) mass is 472 g/mol. The first kappa shape index (κ1) is 23.5. The zero-order valence-corrected chi connectivity index (χ0v) is 18.6. The zero-order valence-electron chi connectivity index (χ0n) is 17.8. The van der Waals surface area contributed by atoms with Gasteiger partial charge in [0.25, 0.3) is 5.91 Å². The molecule has 1 aliphatic heterocycles. The third-order valence-electron chi connectivity index (χ3n) is 5.39. The molecule has 4 rings (SSSR count). The van der Waals surface area contributed by atoms with Crippen LogP contribution in [0.5, 0.6) is 0 Å². The van der Waals surface area contributed by atoms with E-state index in [2.05, 4.69) is 15.8 Å². The minimum absolute atomic E-state index is 0.00393. The van der Waals surface area contributed by atoms with Crippen LogP contribution in [0.25, 0.3) is 11.0 Å². The second kappa shape index (κ2) is 10.5. The number of nitrogens with one attached hydrogen (secondary N) is 2. The molecular weight excluding hydrogens is 450 g/mol. The highest BCUT2D eigenvalue weighted by molar-refractivity contribution is 6.37. The molecular formula is C22H23BClFN4O4. The van der Waals surface area contributed by atoms with Gasteiger partial charge in [-0.2, -0.15) is 0 Å². The van der Waals surface area contributed by atoms with E-state index < -0.39 is 11.7 Å². The number of fused-ring (bicyclic) bond motifs is 1. The SMILES string of the molecule is [B]c1ccc(Nc2c(C(=O)NOCCO)cc3c(ncn3CC3CCCCO3)c2F)c(Cl)c1. The Balaban J connectivity index is 1.74. The number of imidazole rings is 1. The number of rotatable bonds is 8.